The number of halogens is 1. The molecule has 0 bridgehead atoms. The lowest BCUT2D eigenvalue weighted by Gasteiger charge is -2.29. The zero-order valence-corrected chi connectivity index (χ0v) is 10.8. The summed E-state index contributed by atoms with van der Waals surface area (Å²) in [5.41, 5.74) is 1.06. The van der Waals surface area contributed by atoms with Crippen LogP contribution in [-0.2, 0) is 4.79 Å². The van der Waals surface area contributed by atoms with E-state index in [1.165, 1.54) is 6.07 Å². The van der Waals surface area contributed by atoms with Gasteiger partial charge in [-0.05, 0) is 44.9 Å². The maximum Gasteiger partial charge on any atom is 0.229 e. The summed E-state index contributed by atoms with van der Waals surface area (Å²) in [4.78, 5) is 12.2. The van der Waals surface area contributed by atoms with E-state index in [1.807, 2.05) is 6.92 Å². The van der Waals surface area contributed by atoms with Gasteiger partial charge in [-0.2, -0.15) is 0 Å². The normalized spacial score (nSPS) is 23.7. The van der Waals surface area contributed by atoms with Crippen LogP contribution in [0.1, 0.15) is 25.3 Å². The van der Waals surface area contributed by atoms with Gasteiger partial charge < -0.3 is 10.6 Å². The molecule has 1 heterocycles. The minimum atomic E-state index is -0.375. The third-order valence-corrected chi connectivity index (χ3v) is 3.57. The summed E-state index contributed by atoms with van der Waals surface area (Å²) in [5.74, 6) is -0.555. The third-order valence-electron chi connectivity index (χ3n) is 3.57. The Kier molecular flexibility index (Phi) is 3.97. The van der Waals surface area contributed by atoms with Crippen LogP contribution in [0.25, 0.3) is 0 Å². The van der Waals surface area contributed by atoms with Crippen LogP contribution in [0.2, 0.25) is 0 Å². The molecule has 1 aromatic carbocycles. The molecule has 0 radical (unpaired) electrons. The maximum atomic E-state index is 13.6. The van der Waals surface area contributed by atoms with Crippen LogP contribution in [0.5, 0.6) is 0 Å². The van der Waals surface area contributed by atoms with E-state index in [-0.39, 0.29) is 23.7 Å². The summed E-state index contributed by atoms with van der Waals surface area (Å²) in [6.07, 6.45) is 1.84. The van der Waals surface area contributed by atoms with Crippen LogP contribution in [0.3, 0.4) is 0 Å². The van der Waals surface area contributed by atoms with Crippen molar-refractivity contribution in [3.05, 3.63) is 29.6 Å². The van der Waals surface area contributed by atoms with Crippen molar-refractivity contribution in [2.45, 2.75) is 32.7 Å². The Bertz CT molecular complexity index is 427. The van der Waals surface area contributed by atoms with E-state index in [0.717, 1.165) is 24.9 Å². The van der Waals surface area contributed by atoms with E-state index in [9.17, 15) is 9.18 Å². The molecule has 1 aromatic rings. The number of amides is 1. The largest absolute Gasteiger partial charge is 0.323 e. The Morgan fingerprint density at radius 2 is 2.28 bits per heavy atom. The van der Waals surface area contributed by atoms with Crippen LogP contribution >= 0.6 is 0 Å². The summed E-state index contributed by atoms with van der Waals surface area (Å²) in [7, 11) is 0. The number of hydrogen-bond acceptors (Lipinski definition) is 2. The van der Waals surface area contributed by atoms with Crippen molar-refractivity contribution < 1.29 is 9.18 Å². The molecule has 1 aliphatic heterocycles. The first-order chi connectivity index (χ1) is 8.59. The molecule has 4 heteroatoms. The zero-order chi connectivity index (χ0) is 13.1. The molecule has 1 aliphatic rings. The standard InChI is InChI=1S/C14H19FN2O/c1-9-5-3-7-12(15)13(9)17-14(18)11-6-4-8-16-10(11)2/h3,5,7,10-11,16H,4,6,8H2,1-2H3,(H,17,18). The fourth-order valence-corrected chi connectivity index (χ4v) is 2.41. The van der Waals surface area contributed by atoms with Crippen molar-refractivity contribution in [2.24, 2.45) is 5.92 Å². The molecule has 1 saturated heterocycles. The highest BCUT2D eigenvalue weighted by Crippen LogP contribution is 2.22. The smallest absolute Gasteiger partial charge is 0.229 e. The Morgan fingerprint density at radius 1 is 1.50 bits per heavy atom. The first-order valence-corrected chi connectivity index (χ1v) is 6.39. The van der Waals surface area contributed by atoms with Crippen molar-refractivity contribution in [2.75, 3.05) is 11.9 Å². The summed E-state index contributed by atoms with van der Waals surface area (Å²) >= 11 is 0. The number of carbonyl (C=O) groups is 1. The van der Waals surface area contributed by atoms with Crippen LogP contribution in [0.15, 0.2) is 18.2 Å². The highest BCUT2D eigenvalue weighted by molar-refractivity contribution is 5.93. The molecule has 0 saturated carbocycles. The third kappa shape index (κ3) is 2.70. The number of piperidine rings is 1. The summed E-state index contributed by atoms with van der Waals surface area (Å²) < 4.78 is 13.6. The van der Waals surface area contributed by atoms with Crippen LogP contribution in [-0.4, -0.2) is 18.5 Å². The Balaban J connectivity index is 2.11. The molecule has 3 nitrogen and oxygen atoms in total. The molecule has 2 N–H and O–H groups in total. The van der Waals surface area contributed by atoms with Crippen LogP contribution in [0, 0.1) is 18.7 Å². The molecule has 1 fully saturated rings. The molecule has 0 aromatic heterocycles. The van der Waals surface area contributed by atoms with E-state index in [4.69, 9.17) is 0 Å². The molecule has 2 rings (SSSR count). The minimum Gasteiger partial charge on any atom is -0.323 e. The van der Waals surface area contributed by atoms with Crippen molar-refractivity contribution in [3.8, 4) is 0 Å². The van der Waals surface area contributed by atoms with Gasteiger partial charge in [0, 0.05) is 6.04 Å². The second-order valence-electron chi connectivity index (χ2n) is 4.91. The highest BCUT2D eigenvalue weighted by Gasteiger charge is 2.28. The molecular formula is C14H19FN2O. The number of carbonyl (C=O) groups excluding carboxylic acids is 1. The molecule has 0 spiro atoms. The van der Waals surface area contributed by atoms with Crippen molar-refractivity contribution >= 4 is 11.6 Å². The maximum absolute atomic E-state index is 13.6. The fraction of sp³-hybridized carbons (Fsp3) is 0.500. The molecule has 98 valence electrons. The predicted octanol–water partition coefficient (Wildman–Crippen LogP) is 2.46. The summed E-state index contributed by atoms with van der Waals surface area (Å²) in [6.45, 7) is 4.74. The molecule has 18 heavy (non-hydrogen) atoms. The van der Waals surface area contributed by atoms with E-state index < -0.39 is 0 Å². The lowest BCUT2D eigenvalue weighted by Crippen LogP contribution is -2.44. The Labute approximate surface area is 107 Å². The lowest BCUT2D eigenvalue weighted by molar-refractivity contribution is -0.121. The van der Waals surface area contributed by atoms with Gasteiger partial charge in [-0.15, -0.1) is 0 Å². The van der Waals surface area contributed by atoms with Crippen molar-refractivity contribution in [3.63, 3.8) is 0 Å². The predicted molar refractivity (Wildman–Crippen MR) is 70.0 cm³/mol. The number of aryl methyl sites for hydroxylation is 1. The SMILES string of the molecule is Cc1cccc(F)c1NC(=O)C1CCCNC1C. The average molecular weight is 250 g/mol. The van der Waals surface area contributed by atoms with Crippen molar-refractivity contribution in [1.82, 2.24) is 5.32 Å². The molecule has 1 amide bonds. The van der Waals surface area contributed by atoms with Gasteiger partial charge in [0.1, 0.15) is 5.82 Å². The zero-order valence-electron chi connectivity index (χ0n) is 10.8. The van der Waals surface area contributed by atoms with E-state index in [1.54, 1.807) is 19.1 Å². The molecule has 0 aliphatic carbocycles. The number of nitrogens with one attached hydrogen (secondary N) is 2. The number of para-hydroxylation sites is 1. The topological polar surface area (TPSA) is 41.1 Å². The second kappa shape index (κ2) is 5.48. The van der Waals surface area contributed by atoms with Gasteiger partial charge in [-0.25, -0.2) is 4.39 Å². The van der Waals surface area contributed by atoms with Crippen LogP contribution < -0.4 is 10.6 Å². The van der Waals surface area contributed by atoms with E-state index in [0.29, 0.717) is 5.69 Å². The quantitative estimate of drug-likeness (QED) is 0.846. The van der Waals surface area contributed by atoms with E-state index in [2.05, 4.69) is 10.6 Å². The second-order valence-corrected chi connectivity index (χ2v) is 4.91. The fourth-order valence-electron chi connectivity index (χ4n) is 2.41. The monoisotopic (exact) mass is 250 g/mol. The average Bonchev–Trinajstić information content (AvgIpc) is 2.34. The first-order valence-electron chi connectivity index (χ1n) is 6.39. The molecular weight excluding hydrogens is 231 g/mol. The number of rotatable bonds is 2. The molecule has 2 unspecified atom stereocenters. The molecule has 2 atom stereocenters. The Hall–Kier alpha value is -1.42. The highest BCUT2D eigenvalue weighted by atomic mass is 19.1. The number of benzene rings is 1. The van der Waals surface area contributed by atoms with Gasteiger partial charge in [-0.1, -0.05) is 12.1 Å². The summed E-state index contributed by atoms with van der Waals surface area (Å²) in [5, 5.41) is 6.00. The van der Waals surface area contributed by atoms with Gasteiger partial charge in [-0.3, -0.25) is 4.79 Å². The minimum absolute atomic E-state index is 0.0854. The van der Waals surface area contributed by atoms with E-state index >= 15 is 0 Å². The van der Waals surface area contributed by atoms with Gasteiger partial charge in [0.2, 0.25) is 5.91 Å². The Morgan fingerprint density at radius 3 is 2.94 bits per heavy atom. The first kappa shape index (κ1) is 13.0. The summed E-state index contributed by atoms with van der Waals surface area (Å²) in [6, 6.07) is 4.95. The van der Waals surface area contributed by atoms with Crippen LogP contribution in [0.4, 0.5) is 10.1 Å². The lowest BCUT2D eigenvalue weighted by atomic mass is 9.91. The van der Waals surface area contributed by atoms with Gasteiger partial charge in [0.15, 0.2) is 0 Å². The van der Waals surface area contributed by atoms with Gasteiger partial charge >= 0.3 is 0 Å². The number of anilines is 1. The number of hydrogen-bond donors (Lipinski definition) is 2. The van der Waals surface area contributed by atoms with Gasteiger partial charge in [0.25, 0.3) is 0 Å². The van der Waals surface area contributed by atoms with Crippen molar-refractivity contribution in [1.29, 1.82) is 0 Å². The van der Waals surface area contributed by atoms with Gasteiger partial charge in [0.05, 0.1) is 11.6 Å².